The van der Waals surface area contributed by atoms with Crippen molar-refractivity contribution < 1.29 is 9.59 Å². The molecule has 1 aliphatic heterocycles. The topological polar surface area (TPSA) is 40.6 Å². The number of rotatable bonds is 2. The molecule has 4 nitrogen and oxygen atoms in total. The third-order valence-electron chi connectivity index (χ3n) is 2.05. The summed E-state index contributed by atoms with van der Waals surface area (Å²) in [6.07, 6.45) is 1.54. The van der Waals surface area contributed by atoms with Crippen molar-refractivity contribution in [3.8, 4) is 0 Å². The Hall–Kier alpha value is -1.32. The van der Waals surface area contributed by atoms with E-state index in [-0.39, 0.29) is 18.0 Å². The second-order valence-corrected chi connectivity index (χ2v) is 2.81. The number of carbonyl (C=O) groups is 2. The van der Waals surface area contributed by atoms with E-state index in [0.29, 0.717) is 6.54 Å². The molecular formula is C8H12N2O2. The van der Waals surface area contributed by atoms with E-state index in [4.69, 9.17) is 0 Å². The molecule has 0 radical (unpaired) electrons. The van der Waals surface area contributed by atoms with E-state index < -0.39 is 0 Å². The van der Waals surface area contributed by atoms with E-state index in [9.17, 15) is 9.59 Å². The van der Waals surface area contributed by atoms with Gasteiger partial charge in [-0.1, -0.05) is 6.08 Å². The van der Waals surface area contributed by atoms with Crippen molar-refractivity contribution in [3.05, 3.63) is 12.7 Å². The van der Waals surface area contributed by atoms with Crippen LogP contribution in [-0.2, 0) is 4.79 Å². The number of carbonyl (C=O) groups excluding carboxylic acids is 2. The van der Waals surface area contributed by atoms with Gasteiger partial charge < -0.3 is 4.90 Å². The maximum absolute atomic E-state index is 11.3. The number of urea groups is 1. The smallest absolute Gasteiger partial charge is 0.316 e. The Labute approximate surface area is 71.4 Å². The number of nitrogens with zero attached hydrogens (tertiary/aromatic N) is 2. The summed E-state index contributed by atoms with van der Waals surface area (Å²) in [5.74, 6) is -0.151. The average molecular weight is 168 g/mol. The van der Waals surface area contributed by atoms with Crippen LogP contribution in [0.1, 0.15) is 6.92 Å². The molecule has 0 saturated carbocycles. The van der Waals surface area contributed by atoms with Gasteiger partial charge in [0, 0.05) is 13.6 Å². The van der Waals surface area contributed by atoms with Gasteiger partial charge in [-0.3, -0.25) is 9.69 Å². The number of hydrogen-bond donors (Lipinski definition) is 0. The number of imide groups is 1. The van der Waals surface area contributed by atoms with Gasteiger partial charge in [0.1, 0.15) is 6.04 Å². The second kappa shape index (κ2) is 2.97. The van der Waals surface area contributed by atoms with Crippen LogP contribution in [-0.4, -0.2) is 41.4 Å². The summed E-state index contributed by atoms with van der Waals surface area (Å²) in [6.45, 7) is 5.49. The Morgan fingerprint density at radius 1 is 1.58 bits per heavy atom. The van der Waals surface area contributed by atoms with Gasteiger partial charge in [0.15, 0.2) is 0 Å². The molecule has 0 N–H and O–H groups in total. The van der Waals surface area contributed by atoms with Crippen LogP contribution < -0.4 is 0 Å². The zero-order chi connectivity index (χ0) is 9.30. The summed E-state index contributed by atoms with van der Waals surface area (Å²) in [6, 6.07) is -0.579. The molecule has 12 heavy (non-hydrogen) atoms. The fourth-order valence-corrected chi connectivity index (χ4v) is 1.14. The Balaban J connectivity index is 2.83. The van der Waals surface area contributed by atoms with Crippen LogP contribution in [0.2, 0.25) is 0 Å². The lowest BCUT2D eigenvalue weighted by molar-refractivity contribution is -0.127. The van der Waals surface area contributed by atoms with E-state index >= 15 is 0 Å². The maximum Gasteiger partial charge on any atom is 0.327 e. The van der Waals surface area contributed by atoms with Crippen molar-refractivity contribution in [3.63, 3.8) is 0 Å². The number of amides is 3. The van der Waals surface area contributed by atoms with Crippen LogP contribution in [0, 0.1) is 0 Å². The Kier molecular flexibility index (Phi) is 2.17. The summed E-state index contributed by atoms with van der Waals surface area (Å²) >= 11 is 0. The van der Waals surface area contributed by atoms with Crippen LogP contribution in [0.5, 0.6) is 0 Å². The maximum atomic E-state index is 11.3. The van der Waals surface area contributed by atoms with Gasteiger partial charge in [-0.25, -0.2) is 4.79 Å². The molecule has 3 amide bonds. The van der Waals surface area contributed by atoms with Crippen molar-refractivity contribution >= 4 is 11.9 Å². The number of hydrogen-bond acceptors (Lipinski definition) is 2. The highest BCUT2D eigenvalue weighted by molar-refractivity contribution is 6.03. The highest BCUT2D eigenvalue weighted by atomic mass is 16.2. The third kappa shape index (κ3) is 1.09. The Bertz CT molecular complexity index is 217. The van der Waals surface area contributed by atoms with Crippen molar-refractivity contribution in [1.82, 2.24) is 9.80 Å². The van der Waals surface area contributed by atoms with Crippen LogP contribution in [0.15, 0.2) is 12.7 Å². The molecular weight excluding hydrogens is 156 g/mol. The highest BCUT2D eigenvalue weighted by Crippen LogP contribution is 2.14. The molecule has 4 heteroatoms. The largest absolute Gasteiger partial charge is 0.327 e. The summed E-state index contributed by atoms with van der Waals surface area (Å²) < 4.78 is 0. The van der Waals surface area contributed by atoms with Crippen LogP contribution >= 0.6 is 0 Å². The quantitative estimate of drug-likeness (QED) is 0.444. The van der Waals surface area contributed by atoms with Gasteiger partial charge in [-0.05, 0) is 6.92 Å². The van der Waals surface area contributed by atoms with Crippen LogP contribution in [0.4, 0.5) is 4.79 Å². The number of likely N-dealkylation sites (N-methyl/N-ethyl adjacent to an activating group) is 1. The fraction of sp³-hybridized carbons (Fsp3) is 0.500. The first kappa shape index (κ1) is 8.77. The summed E-state index contributed by atoms with van der Waals surface area (Å²) in [5.41, 5.74) is 0. The first-order valence-electron chi connectivity index (χ1n) is 3.78. The van der Waals surface area contributed by atoms with E-state index in [0.717, 1.165) is 0 Å². The van der Waals surface area contributed by atoms with Crippen molar-refractivity contribution in [2.45, 2.75) is 13.0 Å². The third-order valence-corrected chi connectivity index (χ3v) is 2.05. The predicted molar refractivity (Wildman–Crippen MR) is 44.5 cm³/mol. The van der Waals surface area contributed by atoms with Crippen molar-refractivity contribution in [1.29, 1.82) is 0 Å². The molecule has 0 spiro atoms. The molecule has 0 aromatic carbocycles. The van der Waals surface area contributed by atoms with Gasteiger partial charge in [0.05, 0.1) is 0 Å². The molecule has 1 fully saturated rings. The first-order valence-corrected chi connectivity index (χ1v) is 3.78. The van der Waals surface area contributed by atoms with E-state index in [2.05, 4.69) is 6.58 Å². The molecule has 1 heterocycles. The highest BCUT2D eigenvalue weighted by Gasteiger charge is 2.39. The zero-order valence-corrected chi connectivity index (χ0v) is 7.28. The minimum atomic E-state index is -0.336. The van der Waals surface area contributed by atoms with E-state index in [1.807, 2.05) is 0 Å². The lowest BCUT2D eigenvalue weighted by Gasteiger charge is -2.11. The van der Waals surface area contributed by atoms with Crippen LogP contribution in [0.25, 0.3) is 0 Å². The van der Waals surface area contributed by atoms with Gasteiger partial charge in [-0.2, -0.15) is 0 Å². The standard InChI is InChI=1S/C8H12N2O2/c1-4-5-10-7(11)6(2)9(3)8(10)12/h4,6H,1,5H2,2-3H3. The molecule has 0 bridgehead atoms. The molecule has 0 aliphatic carbocycles. The SMILES string of the molecule is C=CCN1C(=O)C(C)N(C)C1=O. The van der Waals surface area contributed by atoms with E-state index in [1.54, 1.807) is 20.0 Å². The zero-order valence-electron chi connectivity index (χ0n) is 7.28. The normalized spacial score (nSPS) is 23.7. The van der Waals surface area contributed by atoms with Crippen molar-refractivity contribution in [2.75, 3.05) is 13.6 Å². The molecule has 1 rings (SSSR count). The lowest BCUT2D eigenvalue weighted by Crippen LogP contribution is -2.31. The Morgan fingerprint density at radius 3 is 2.50 bits per heavy atom. The predicted octanol–water partition coefficient (Wildman–Crippen LogP) is 0.455. The fourth-order valence-electron chi connectivity index (χ4n) is 1.14. The average Bonchev–Trinajstić information content (AvgIpc) is 2.23. The molecule has 1 saturated heterocycles. The molecule has 1 atom stereocenters. The first-order chi connectivity index (χ1) is 5.59. The Morgan fingerprint density at radius 2 is 2.17 bits per heavy atom. The van der Waals surface area contributed by atoms with Gasteiger partial charge in [-0.15, -0.1) is 6.58 Å². The second-order valence-electron chi connectivity index (χ2n) is 2.81. The molecule has 1 aliphatic rings. The summed E-state index contributed by atoms with van der Waals surface area (Å²) in [7, 11) is 1.62. The van der Waals surface area contributed by atoms with Crippen LogP contribution in [0.3, 0.4) is 0 Å². The minimum absolute atomic E-state index is 0.151. The lowest BCUT2D eigenvalue weighted by atomic mass is 10.3. The minimum Gasteiger partial charge on any atom is -0.316 e. The van der Waals surface area contributed by atoms with Crippen molar-refractivity contribution in [2.24, 2.45) is 0 Å². The monoisotopic (exact) mass is 168 g/mol. The summed E-state index contributed by atoms with van der Waals surface area (Å²) in [5, 5.41) is 0. The van der Waals surface area contributed by atoms with E-state index in [1.165, 1.54) is 9.80 Å². The molecule has 0 aromatic heterocycles. The molecule has 0 aromatic rings. The molecule has 1 unspecified atom stereocenters. The van der Waals surface area contributed by atoms with Gasteiger partial charge >= 0.3 is 6.03 Å². The summed E-state index contributed by atoms with van der Waals surface area (Å²) in [4.78, 5) is 25.2. The van der Waals surface area contributed by atoms with Gasteiger partial charge in [0.2, 0.25) is 0 Å². The molecule has 66 valence electrons. The van der Waals surface area contributed by atoms with Gasteiger partial charge in [0.25, 0.3) is 5.91 Å².